The number of fused-ring (bicyclic) bond motifs is 6. The molecule has 0 aliphatic heterocycles. The van der Waals surface area contributed by atoms with E-state index in [2.05, 4.69) is 40.8 Å². The molecular weight excluding hydrogens is 1400 g/mol. The van der Waals surface area contributed by atoms with Crippen LogP contribution >= 0.6 is 15.9 Å². The van der Waals surface area contributed by atoms with Gasteiger partial charge in [-0.05, 0) is 146 Å². The predicted octanol–water partition coefficient (Wildman–Crippen LogP) is 8.70. The van der Waals surface area contributed by atoms with Gasteiger partial charge in [0.2, 0.25) is 23.2 Å². The number of alkyl halides is 1. The fourth-order valence-electron chi connectivity index (χ4n) is 10.5. The van der Waals surface area contributed by atoms with E-state index in [1.807, 2.05) is 33.8 Å². The summed E-state index contributed by atoms with van der Waals surface area (Å²) < 4.78 is 100. The topological polar surface area (TPSA) is 267 Å². The summed E-state index contributed by atoms with van der Waals surface area (Å²) >= 11 is 3.28. The molecule has 0 amide bonds. The maximum absolute atomic E-state index is 14.6. The number of nitrogens with one attached hydrogen (secondary N) is 1. The van der Waals surface area contributed by atoms with Crippen molar-refractivity contribution in [1.82, 2.24) is 19.9 Å². The Bertz CT molecular complexity index is 3620. The number of aromatic nitrogens is 4. The van der Waals surface area contributed by atoms with Gasteiger partial charge in [0.05, 0.1) is 49.8 Å². The minimum Gasteiger partial charge on any atom is -0.509 e. The Balaban J connectivity index is 0.000000244. The minimum atomic E-state index is -3.03. The molecule has 2 aromatic carbocycles. The number of ether oxygens (including phenoxy) is 5. The minimum absolute atomic E-state index is 0. The van der Waals surface area contributed by atoms with Gasteiger partial charge in [-0.25, -0.2) is 45.8 Å². The van der Waals surface area contributed by atoms with Crippen LogP contribution in [0.5, 0.6) is 17.6 Å². The first-order chi connectivity index (χ1) is 39.6. The third-order valence-electron chi connectivity index (χ3n) is 14.4. The molecule has 0 unspecified atom stereocenters. The molecule has 0 saturated heterocycles. The molecule has 6 aromatic rings. The average molecular weight is 1470 g/mol. The van der Waals surface area contributed by atoms with E-state index in [1.165, 1.54) is 24.6 Å². The largest absolute Gasteiger partial charge is 1.00 e. The standard InChI is InChI=1S/C29H31FN2O6S.C17H19BrFNO3S.C12H13NO3.CHO3.2Ag/c1-4-36-29(33)28-21-12-19-13-26(32-15-23(19)27(21)28)38-16-20-11-18(6-7-24(20)30)22-14-31-25(10-17(22)2)37-8-5-9-39(3,34)35;1-12-8-17(23-6-3-7-24(2,21)22)20-11-15(12)13-4-5-16(19)14(9-13)10-18;1-2-16-12(15)11-7-3-6-4-9(14)13-5-8(6)10(7)11;2-1-4-3;;/h6-7,10-11,13-15,21,27-28H,4-5,8-9,12,16H2,1-3H3;4-5,8-9,11H,3,6-7,10H2,1-2H3;4-5,7,10-11H,2-3H2,1H3,(H,13,14);3H;;/q;;;-1;;+1/t21-,27-,28+;;7-,10-,11+;;;/m1.1.../s1. The molecule has 2 saturated carbocycles. The average Bonchev–Trinajstić information content (AvgIpc) is 1.80. The predicted molar refractivity (Wildman–Crippen MR) is 306 cm³/mol. The number of hydrogen-bond acceptors (Lipinski definition) is 18. The van der Waals surface area contributed by atoms with Crippen LogP contribution in [-0.4, -0.2) is 111 Å². The molecule has 0 spiro atoms. The van der Waals surface area contributed by atoms with Gasteiger partial charge in [0.1, 0.15) is 37.9 Å². The first-order valence-corrected chi connectivity index (χ1v) is 31.8. The van der Waals surface area contributed by atoms with E-state index < -0.39 is 19.7 Å². The molecule has 2 N–H and O–H groups in total. The van der Waals surface area contributed by atoms with Crippen molar-refractivity contribution in [2.24, 2.45) is 23.7 Å². The van der Waals surface area contributed by atoms with Crippen molar-refractivity contribution < 1.29 is 119 Å². The van der Waals surface area contributed by atoms with E-state index in [4.69, 9.17) is 33.7 Å². The van der Waals surface area contributed by atoms with Gasteiger partial charge in [-0.3, -0.25) is 14.4 Å². The van der Waals surface area contributed by atoms with Crippen LogP contribution in [0.4, 0.5) is 8.78 Å². The smallest absolute Gasteiger partial charge is 0.509 e. The Hall–Kier alpha value is -5.67. The van der Waals surface area contributed by atoms with Crippen LogP contribution in [0.3, 0.4) is 0 Å². The van der Waals surface area contributed by atoms with Crippen LogP contribution in [0.25, 0.3) is 22.3 Å². The normalized spacial score (nSPS) is 17.9. The Morgan fingerprint density at radius 1 is 0.694 bits per heavy atom. The van der Waals surface area contributed by atoms with Gasteiger partial charge in [0.15, 0.2) is 0 Å². The number of esters is 2. The summed E-state index contributed by atoms with van der Waals surface area (Å²) in [4.78, 5) is 61.8. The van der Waals surface area contributed by atoms with Crippen LogP contribution < -0.4 is 19.8 Å². The van der Waals surface area contributed by atoms with Crippen molar-refractivity contribution in [2.45, 2.75) is 77.2 Å². The van der Waals surface area contributed by atoms with Crippen LogP contribution in [0.1, 0.15) is 83.0 Å². The van der Waals surface area contributed by atoms with Gasteiger partial charge in [0, 0.05) is 118 Å². The fraction of sp³-hybridized carbons (Fsp3) is 0.407. The summed E-state index contributed by atoms with van der Waals surface area (Å²) in [6.07, 6.45) is 11.7. The van der Waals surface area contributed by atoms with Crippen molar-refractivity contribution in [2.75, 3.05) is 50.4 Å². The van der Waals surface area contributed by atoms with Gasteiger partial charge in [-0.15, -0.1) is 0 Å². The molecule has 4 aliphatic rings. The number of H-pyrrole nitrogens is 1. The number of carbonyl (C=O) groups is 2. The molecule has 1 radical (unpaired) electrons. The maximum Gasteiger partial charge on any atom is 1.00 e. The number of benzene rings is 2. The van der Waals surface area contributed by atoms with Crippen molar-refractivity contribution >= 4 is 54.0 Å². The zero-order valence-corrected chi connectivity index (χ0v) is 53.3. The second-order valence-electron chi connectivity index (χ2n) is 20.4. The molecule has 4 heterocycles. The molecular formula is C59H64Ag2BrF2N4O15S2. The van der Waals surface area contributed by atoms with Gasteiger partial charge in [0.25, 0.3) is 0 Å². The number of aryl methyl sites for hydroxylation is 2. The van der Waals surface area contributed by atoms with Gasteiger partial charge >= 0.3 is 34.3 Å². The molecule has 26 heteroatoms. The summed E-state index contributed by atoms with van der Waals surface area (Å²) in [5, 5.41) is 7.40. The molecule has 10 rings (SSSR count). The molecule has 2 fully saturated rings. The number of halogens is 3. The van der Waals surface area contributed by atoms with Crippen LogP contribution in [-0.2, 0) is 118 Å². The van der Waals surface area contributed by atoms with E-state index in [9.17, 15) is 40.0 Å². The SMILES string of the molecule is CCOC(=O)[C@H]1[C@@H]2Cc3cc(=O)[nH]cc3[C@@H]21.CCOC(=O)[C@H]1[C@@H]2Cc3cc(OCc4cc(-c5cnc(OCCCS(C)(=O)=O)cc5C)ccc4F)ncc3[C@@H]21.Cc1cc(OCCCS(C)(=O)=O)ncc1-c1ccc(F)c(CBr)c1.O=[C-]OO.[Ag+].[Ag]. The first kappa shape index (κ1) is 70.1. The van der Waals surface area contributed by atoms with E-state index in [-0.39, 0.29) is 128 Å². The van der Waals surface area contributed by atoms with Gasteiger partial charge < -0.3 is 38.4 Å². The van der Waals surface area contributed by atoms with Crippen LogP contribution in [0, 0.1) is 49.2 Å². The van der Waals surface area contributed by atoms with Crippen molar-refractivity contribution in [3.05, 3.63) is 152 Å². The summed E-state index contributed by atoms with van der Waals surface area (Å²) in [6, 6.07) is 16.9. The summed E-state index contributed by atoms with van der Waals surface area (Å²) in [5.41, 5.74) is 10.6. The summed E-state index contributed by atoms with van der Waals surface area (Å²) in [6.45, 7) is 9.58. The van der Waals surface area contributed by atoms with E-state index in [1.54, 1.807) is 67.3 Å². The van der Waals surface area contributed by atoms with E-state index in [0.29, 0.717) is 72.7 Å². The second kappa shape index (κ2) is 31.8. The molecule has 6 atom stereocenters. The van der Waals surface area contributed by atoms with E-state index >= 15 is 0 Å². The molecule has 0 bridgehead atoms. The zero-order valence-electron chi connectivity index (χ0n) is 47.1. The molecule has 4 aromatic heterocycles. The summed E-state index contributed by atoms with van der Waals surface area (Å²) in [5.74, 6) is 1.64. The fourth-order valence-corrected chi connectivity index (χ4v) is 12.2. The number of hydrogen-bond donors (Lipinski definition) is 2. The molecule has 19 nitrogen and oxygen atoms in total. The number of nitrogens with zero attached hydrogens (tertiary/aromatic N) is 3. The maximum atomic E-state index is 14.6. The first-order valence-electron chi connectivity index (χ1n) is 26.6. The Morgan fingerprint density at radius 3 is 1.60 bits per heavy atom. The molecule has 4 aliphatic carbocycles. The molecule has 465 valence electrons. The number of aromatic amines is 1. The van der Waals surface area contributed by atoms with Crippen molar-refractivity contribution in [1.29, 1.82) is 0 Å². The monoisotopic (exact) mass is 1460 g/mol. The van der Waals surface area contributed by atoms with Crippen molar-refractivity contribution in [3.63, 3.8) is 0 Å². The van der Waals surface area contributed by atoms with Crippen LogP contribution in [0.15, 0.2) is 90.2 Å². The number of carbonyl (C=O) groups excluding carboxylic acids is 3. The Kier molecular flexibility index (Phi) is 26.2. The van der Waals surface area contributed by atoms with E-state index in [0.717, 1.165) is 74.9 Å². The Morgan fingerprint density at radius 2 is 1.14 bits per heavy atom. The summed E-state index contributed by atoms with van der Waals surface area (Å²) in [7, 11) is -6.00. The van der Waals surface area contributed by atoms with Gasteiger partial charge in [-0.2, -0.15) is 0 Å². The second-order valence-corrected chi connectivity index (χ2v) is 25.5. The van der Waals surface area contributed by atoms with Crippen LogP contribution in [0.2, 0.25) is 0 Å². The third-order valence-corrected chi connectivity index (χ3v) is 17.1. The Labute approximate surface area is 531 Å². The third kappa shape index (κ3) is 19.2. The molecule has 85 heavy (non-hydrogen) atoms. The number of sulfone groups is 2. The van der Waals surface area contributed by atoms with Crippen molar-refractivity contribution in [3.8, 4) is 39.9 Å². The number of pyridine rings is 4. The number of rotatable bonds is 21. The quantitative estimate of drug-likeness (QED) is 0.00997. The zero-order chi connectivity index (χ0) is 60.2. The van der Waals surface area contributed by atoms with Gasteiger partial charge in [-0.1, -0.05) is 28.1 Å².